The van der Waals surface area contributed by atoms with Gasteiger partial charge in [-0.05, 0) is 62.6 Å². The van der Waals surface area contributed by atoms with Crippen LogP contribution in [0.3, 0.4) is 0 Å². The number of aromatic nitrogens is 3. The van der Waals surface area contributed by atoms with Gasteiger partial charge < -0.3 is 4.42 Å². The Kier molecular flexibility index (Phi) is 5.07. The number of rotatable bonds is 7. The Morgan fingerprint density at radius 2 is 0.818 bits per heavy atom. The van der Waals surface area contributed by atoms with E-state index in [2.05, 4.69) is 0 Å². The van der Waals surface area contributed by atoms with Gasteiger partial charge in [-0.1, -0.05) is 182 Å². The van der Waals surface area contributed by atoms with Crippen LogP contribution < -0.4 is 0 Å². The van der Waals surface area contributed by atoms with Crippen molar-refractivity contribution in [2.45, 2.75) is 0 Å². The molecule has 0 unspecified atom stereocenters. The molecule has 10 aromatic rings. The summed E-state index contributed by atoms with van der Waals surface area (Å²) in [4.78, 5) is 14.4. The maximum absolute atomic E-state index is 9.60. The highest BCUT2D eigenvalue weighted by molar-refractivity contribution is 6.13. The van der Waals surface area contributed by atoms with Crippen LogP contribution in [0.4, 0.5) is 0 Å². The first-order chi connectivity index (χ1) is 33.5. The van der Waals surface area contributed by atoms with E-state index in [0.717, 1.165) is 22.3 Å². The van der Waals surface area contributed by atoms with Crippen molar-refractivity contribution in [3.05, 3.63) is 200 Å². The summed E-state index contributed by atoms with van der Waals surface area (Å²) >= 11 is 0. The number of hydrogen-bond donors (Lipinski definition) is 0. The molecule has 0 saturated heterocycles. The molecular weight excluding hydrogens is 671 g/mol. The minimum atomic E-state index is -0.835. The number of fused-ring (bicyclic) bond motifs is 3. The average molecular weight is 719 g/mol. The van der Waals surface area contributed by atoms with Crippen molar-refractivity contribution in [2.75, 3.05) is 0 Å². The second-order valence-electron chi connectivity index (χ2n) is 12.5. The Morgan fingerprint density at radius 1 is 0.345 bits per heavy atom. The van der Waals surface area contributed by atoms with Crippen LogP contribution in [0.1, 0.15) is 20.6 Å². The molecule has 8 aromatic carbocycles. The van der Waals surface area contributed by atoms with E-state index in [0.29, 0.717) is 11.1 Å². The molecule has 55 heavy (non-hydrogen) atoms. The third-order valence-corrected chi connectivity index (χ3v) is 9.06. The second-order valence-corrected chi connectivity index (χ2v) is 12.5. The largest absolute Gasteiger partial charge is 0.456 e. The summed E-state index contributed by atoms with van der Waals surface area (Å²) in [7, 11) is 0. The van der Waals surface area contributed by atoms with Crippen LogP contribution in [0.25, 0.3) is 101 Å². The molecule has 10 rings (SSSR count). The molecule has 2 aromatic heterocycles. The SMILES string of the molecule is [2H]c1c([2H])c([2H])c(-c2c([2H])c([2H])c(-c3c([2H])c([2H])c([2H])c4oc5c([2H])c(-c6nc(-c7ccc(-c8ccccc8)cc7)nc(-c7ccc(-c8ccccc8)cc7)n6)c([2H])c([2H])c5c34)c([2H])c2[2H])c([2H])c1[2H]. The average Bonchev–Trinajstić information content (AvgIpc) is 3.79. The molecule has 4 heteroatoms. The quantitative estimate of drug-likeness (QED) is 0.165. The van der Waals surface area contributed by atoms with Gasteiger partial charge in [0.25, 0.3) is 0 Å². The van der Waals surface area contributed by atoms with Crippen LogP contribution >= 0.6 is 0 Å². The fourth-order valence-electron chi connectivity index (χ4n) is 6.32. The summed E-state index contributed by atoms with van der Waals surface area (Å²) in [5.41, 5.74) is 1.69. The van der Waals surface area contributed by atoms with Crippen molar-refractivity contribution in [3.63, 3.8) is 0 Å². The van der Waals surface area contributed by atoms with Crippen LogP contribution in [-0.4, -0.2) is 15.0 Å². The zero-order chi connectivity index (χ0) is 49.6. The number of furan rings is 1. The van der Waals surface area contributed by atoms with Gasteiger partial charge in [-0.25, -0.2) is 15.0 Å². The first-order valence-electron chi connectivity index (χ1n) is 24.7. The third-order valence-electron chi connectivity index (χ3n) is 9.06. The number of benzene rings is 8. The van der Waals surface area contributed by atoms with Gasteiger partial charge in [0, 0.05) is 27.5 Å². The summed E-state index contributed by atoms with van der Waals surface area (Å²) < 4.78 is 139. The lowest BCUT2D eigenvalue weighted by molar-refractivity contribution is 0.669. The highest BCUT2D eigenvalue weighted by Crippen LogP contribution is 2.39. The Labute approximate surface area is 340 Å². The molecule has 2 heterocycles. The molecule has 0 saturated carbocycles. The smallest absolute Gasteiger partial charge is 0.164 e. The predicted molar refractivity (Wildman–Crippen MR) is 225 cm³/mol. The zero-order valence-corrected chi connectivity index (χ0v) is 28.6. The van der Waals surface area contributed by atoms with Gasteiger partial charge in [0.05, 0.1) is 20.6 Å². The van der Waals surface area contributed by atoms with Crippen molar-refractivity contribution < 1.29 is 25.0 Å². The van der Waals surface area contributed by atoms with E-state index in [-0.39, 0.29) is 39.4 Å². The lowest BCUT2D eigenvalue weighted by Crippen LogP contribution is -2.00. The molecule has 0 bridgehead atoms. The van der Waals surface area contributed by atoms with E-state index in [1.54, 1.807) is 0 Å². The highest BCUT2D eigenvalue weighted by Gasteiger charge is 2.17. The van der Waals surface area contributed by atoms with Gasteiger partial charge >= 0.3 is 0 Å². The van der Waals surface area contributed by atoms with Crippen LogP contribution in [-0.2, 0) is 0 Å². The monoisotopic (exact) mass is 718 g/mol. The summed E-state index contributed by atoms with van der Waals surface area (Å²) in [6, 6.07) is 23.6. The van der Waals surface area contributed by atoms with E-state index in [4.69, 9.17) is 33.1 Å². The number of nitrogens with zero attached hydrogens (tertiary/aromatic N) is 3. The maximum atomic E-state index is 9.60. The van der Waals surface area contributed by atoms with Crippen molar-refractivity contribution >= 4 is 21.9 Å². The summed E-state index contributed by atoms with van der Waals surface area (Å²) in [5, 5.41) is -0.593. The molecule has 0 N–H and O–H groups in total. The molecule has 0 spiro atoms. The van der Waals surface area contributed by atoms with Crippen LogP contribution in [0.2, 0.25) is 0 Å². The molecule has 0 aliphatic heterocycles. The van der Waals surface area contributed by atoms with Gasteiger partial charge in [-0.2, -0.15) is 0 Å². The van der Waals surface area contributed by atoms with Crippen molar-refractivity contribution in [3.8, 4) is 78.7 Å². The Bertz CT molecular complexity index is 3650. The van der Waals surface area contributed by atoms with Crippen molar-refractivity contribution in [1.82, 2.24) is 15.0 Å². The van der Waals surface area contributed by atoms with E-state index in [9.17, 15) is 6.85 Å². The van der Waals surface area contributed by atoms with E-state index in [1.165, 1.54) is 0 Å². The highest BCUT2D eigenvalue weighted by atomic mass is 16.3. The molecule has 4 nitrogen and oxygen atoms in total. The predicted octanol–water partition coefficient (Wildman–Crippen LogP) is 13.4. The maximum Gasteiger partial charge on any atom is 0.164 e. The molecule has 0 aliphatic carbocycles. The van der Waals surface area contributed by atoms with Gasteiger partial charge in [0.1, 0.15) is 11.2 Å². The van der Waals surface area contributed by atoms with Crippen molar-refractivity contribution in [1.29, 1.82) is 0 Å². The Balaban J connectivity index is 1.20. The second kappa shape index (κ2) is 13.8. The Hall–Kier alpha value is -7.43. The molecular formula is C51H33N3O. The molecule has 258 valence electrons. The van der Waals surface area contributed by atoms with Gasteiger partial charge in [-0.3, -0.25) is 0 Å². The van der Waals surface area contributed by atoms with Crippen LogP contribution in [0.5, 0.6) is 0 Å². The summed E-state index contributed by atoms with van der Waals surface area (Å²) in [5.74, 6) is 0.206. The lowest BCUT2D eigenvalue weighted by Gasteiger charge is -2.10. The fourth-order valence-corrected chi connectivity index (χ4v) is 6.32. The molecule has 0 amide bonds. The van der Waals surface area contributed by atoms with Crippen LogP contribution in [0.15, 0.2) is 204 Å². The third kappa shape index (κ3) is 6.26. The molecule has 0 atom stereocenters. The molecule has 0 fully saturated rings. The van der Waals surface area contributed by atoms with Gasteiger partial charge in [0.15, 0.2) is 17.5 Å². The molecule has 0 radical (unpaired) electrons. The van der Waals surface area contributed by atoms with Crippen LogP contribution in [0, 0.1) is 0 Å². The standard InChI is InChI=1S/C51H33N3O/c1-4-11-34(12-5-1)37-19-25-40(26-20-37)44-17-10-18-46-48(44)45-32-31-43(33-47(45)55-46)51-53-49(41-27-21-38(22-28-41)35-13-6-2-7-14-35)52-50(54-51)42-29-23-39(24-30-42)36-15-8-3-9-16-36/h1-33H/i1D,4D,5D,10D,11D,12D,17D,18D,19D,20D,25D,26D,31D,32D,33D. The zero-order valence-electron chi connectivity index (χ0n) is 43.6. The fraction of sp³-hybridized carbons (Fsp3) is 0. The Morgan fingerprint density at radius 3 is 1.40 bits per heavy atom. The number of hydrogen-bond acceptors (Lipinski definition) is 4. The molecule has 0 aliphatic rings. The summed E-state index contributed by atoms with van der Waals surface area (Å²) in [6.45, 7) is 0. The normalized spacial score (nSPS) is 15.1. The lowest BCUT2D eigenvalue weighted by atomic mass is 9.96. The first-order valence-corrected chi connectivity index (χ1v) is 17.2. The van der Waals surface area contributed by atoms with E-state index in [1.807, 2.05) is 109 Å². The minimum absolute atomic E-state index is 0.165. The van der Waals surface area contributed by atoms with E-state index < -0.39 is 118 Å². The van der Waals surface area contributed by atoms with Gasteiger partial charge in [-0.15, -0.1) is 0 Å². The minimum Gasteiger partial charge on any atom is -0.456 e. The van der Waals surface area contributed by atoms with Gasteiger partial charge in [0.2, 0.25) is 0 Å². The first kappa shape index (κ1) is 20.1. The summed E-state index contributed by atoms with van der Waals surface area (Å²) in [6.07, 6.45) is 0. The topological polar surface area (TPSA) is 51.8 Å². The van der Waals surface area contributed by atoms with E-state index >= 15 is 0 Å². The van der Waals surface area contributed by atoms with Crippen molar-refractivity contribution in [2.24, 2.45) is 0 Å².